The minimum atomic E-state index is -0.316. The molecule has 2 aliphatic heterocycles. The number of benzene rings is 1. The van der Waals surface area contributed by atoms with Crippen molar-refractivity contribution in [1.82, 2.24) is 20.0 Å². The molecule has 3 heterocycles. The van der Waals surface area contributed by atoms with Crippen molar-refractivity contribution >= 4 is 11.8 Å². The normalized spacial score (nSPS) is 20.2. The fraction of sp³-hybridized carbons (Fsp3) is 0.450. The maximum atomic E-state index is 12.6. The second kappa shape index (κ2) is 7.27. The number of rotatable bonds is 5. The van der Waals surface area contributed by atoms with Gasteiger partial charge in [-0.25, -0.2) is 0 Å². The number of hydrogen-bond acceptors (Lipinski definition) is 5. The van der Waals surface area contributed by atoms with Gasteiger partial charge in [0, 0.05) is 32.0 Å². The molecule has 8 nitrogen and oxygen atoms in total. The number of ether oxygens (including phenoxy) is 1. The zero-order chi connectivity index (χ0) is 19.7. The smallest absolute Gasteiger partial charge is 0.269 e. The molecule has 2 N–H and O–H groups in total. The van der Waals surface area contributed by atoms with Crippen LogP contribution < -0.4 is 5.32 Å². The van der Waals surface area contributed by atoms with Crippen LogP contribution in [0.4, 0.5) is 0 Å². The SMILES string of the molecule is Cn1nccc1C(=O)NCCC1CCOC12CN(C(=O)c1cccc(O)c1)C2. The summed E-state index contributed by atoms with van der Waals surface area (Å²) in [6.45, 7) is 2.32. The molecular weight excluding hydrogens is 360 g/mol. The Labute approximate surface area is 163 Å². The van der Waals surface area contributed by atoms with Crippen LogP contribution >= 0.6 is 0 Å². The summed E-state index contributed by atoms with van der Waals surface area (Å²) < 4.78 is 7.56. The minimum absolute atomic E-state index is 0.0836. The van der Waals surface area contributed by atoms with Crippen molar-refractivity contribution < 1.29 is 19.4 Å². The molecule has 0 bridgehead atoms. The van der Waals surface area contributed by atoms with E-state index in [1.54, 1.807) is 47.1 Å². The number of likely N-dealkylation sites (tertiary alicyclic amines) is 1. The molecule has 4 rings (SSSR count). The molecule has 1 aromatic heterocycles. The maximum Gasteiger partial charge on any atom is 0.269 e. The lowest BCUT2D eigenvalue weighted by atomic mass is 9.78. The third kappa shape index (κ3) is 3.35. The van der Waals surface area contributed by atoms with E-state index >= 15 is 0 Å². The highest BCUT2D eigenvalue weighted by molar-refractivity contribution is 5.95. The molecule has 2 fully saturated rings. The van der Waals surface area contributed by atoms with Crippen LogP contribution in [-0.4, -0.2) is 63.4 Å². The minimum Gasteiger partial charge on any atom is -0.508 e. The number of aryl methyl sites for hydroxylation is 1. The number of aromatic hydroxyl groups is 1. The first kappa shape index (κ1) is 18.5. The quantitative estimate of drug-likeness (QED) is 0.807. The monoisotopic (exact) mass is 384 g/mol. The van der Waals surface area contributed by atoms with Crippen LogP contribution in [0.15, 0.2) is 36.5 Å². The van der Waals surface area contributed by atoms with Crippen molar-refractivity contribution in [1.29, 1.82) is 0 Å². The van der Waals surface area contributed by atoms with Crippen molar-refractivity contribution in [3.05, 3.63) is 47.8 Å². The van der Waals surface area contributed by atoms with Crippen molar-refractivity contribution in [2.75, 3.05) is 26.2 Å². The molecule has 1 aromatic carbocycles. The van der Waals surface area contributed by atoms with E-state index in [9.17, 15) is 14.7 Å². The van der Waals surface area contributed by atoms with Crippen LogP contribution in [0.25, 0.3) is 0 Å². The topological polar surface area (TPSA) is 96.7 Å². The summed E-state index contributed by atoms with van der Waals surface area (Å²) in [6, 6.07) is 8.08. The van der Waals surface area contributed by atoms with Gasteiger partial charge in [0.25, 0.3) is 11.8 Å². The molecule has 1 spiro atoms. The highest BCUT2D eigenvalue weighted by Gasteiger charge is 2.54. The Morgan fingerprint density at radius 1 is 1.36 bits per heavy atom. The summed E-state index contributed by atoms with van der Waals surface area (Å²) in [7, 11) is 1.74. The molecule has 2 aliphatic rings. The summed E-state index contributed by atoms with van der Waals surface area (Å²) >= 11 is 0. The molecule has 0 saturated carbocycles. The number of aromatic nitrogens is 2. The lowest BCUT2D eigenvalue weighted by Crippen LogP contribution is -2.66. The number of nitrogens with one attached hydrogen (secondary N) is 1. The Hall–Kier alpha value is -2.87. The third-order valence-corrected chi connectivity index (χ3v) is 5.73. The number of carbonyl (C=O) groups excluding carboxylic acids is 2. The molecule has 28 heavy (non-hydrogen) atoms. The fourth-order valence-corrected chi connectivity index (χ4v) is 4.15. The van der Waals surface area contributed by atoms with Gasteiger partial charge < -0.3 is 20.1 Å². The van der Waals surface area contributed by atoms with E-state index in [1.807, 2.05) is 0 Å². The molecular formula is C20H24N4O4. The van der Waals surface area contributed by atoms with Crippen LogP contribution in [0.2, 0.25) is 0 Å². The van der Waals surface area contributed by atoms with Gasteiger partial charge in [0.2, 0.25) is 0 Å². The van der Waals surface area contributed by atoms with Crippen LogP contribution in [0.3, 0.4) is 0 Å². The number of hydrogen-bond donors (Lipinski definition) is 2. The van der Waals surface area contributed by atoms with Gasteiger partial charge in [-0.3, -0.25) is 14.3 Å². The summed E-state index contributed by atoms with van der Waals surface area (Å²) in [4.78, 5) is 26.5. The molecule has 8 heteroatoms. The summed E-state index contributed by atoms with van der Waals surface area (Å²) in [6.07, 6.45) is 3.33. The Morgan fingerprint density at radius 2 is 2.18 bits per heavy atom. The summed E-state index contributed by atoms with van der Waals surface area (Å²) in [5.41, 5.74) is 0.695. The summed E-state index contributed by atoms with van der Waals surface area (Å²) in [5, 5.41) is 16.5. The number of amides is 2. The maximum absolute atomic E-state index is 12.6. The van der Waals surface area contributed by atoms with Gasteiger partial charge in [-0.2, -0.15) is 5.10 Å². The highest BCUT2D eigenvalue weighted by Crippen LogP contribution is 2.42. The first-order valence-electron chi connectivity index (χ1n) is 9.47. The first-order chi connectivity index (χ1) is 13.5. The van der Waals surface area contributed by atoms with Gasteiger partial charge in [-0.05, 0) is 43.0 Å². The number of nitrogens with zero attached hydrogens (tertiary/aromatic N) is 3. The first-order valence-corrected chi connectivity index (χ1v) is 9.47. The van der Waals surface area contributed by atoms with E-state index in [4.69, 9.17) is 4.74 Å². The van der Waals surface area contributed by atoms with E-state index in [1.165, 1.54) is 6.07 Å². The van der Waals surface area contributed by atoms with Gasteiger partial charge in [-0.15, -0.1) is 0 Å². The standard InChI is InChI=1S/C20H24N4O4/c1-23-17(6-9-22-23)18(26)21-8-5-15-7-10-28-20(15)12-24(13-20)19(27)14-3-2-4-16(25)11-14/h2-4,6,9,11,15,25H,5,7-8,10,12-13H2,1H3,(H,21,26). The van der Waals surface area contributed by atoms with Crippen LogP contribution in [0, 0.1) is 5.92 Å². The third-order valence-electron chi connectivity index (χ3n) is 5.73. The molecule has 0 aliphatic carbocycles. The summed E-state index contributed by atoms with van der Waals surface area (Å²) in [5.74, 6) is 0.148. The van der Waals surface area contributed by atoms with Crippen LogP contribution in [0.1, 0.15) is 33.7 Å². The molecule has 2 aromatic rings. The lowest BCUT2D eigenvalue weighted by Gasteiger charge is -2.50. The molecule has 0 radical (unpaired) electrons. The Morgan fingerprint density at radius 3 is 2.89 bits per heavy atom. The van der Waals surface area contributed by atoms with Crippen LogP contribution in [-0.2, 0) is 11.8 Å². The Bertz CT molecular complexity index is 888. The van der Waals surface area contributed by atoms with Gasteiger partial charge >= 0.3 is 0 Å². The zero-order valence-corrected chi connectivity index (χ0v) is 15.8. The average molecular weight is 384 g/mol. The molecule has 2 amide bonds. The largest absolute Gasteiger partial charge is 0.508 e. The van der Waals surface area contributed by atoms with Crippen LogP contribution in [0.5, 0.6) is 5.75 Å². The fourth-order valence-electron chi connectivity index (χ4n) is 4.15. The van der Waals surface area contributed by atoms with E-state index in [-0.39, 0.29) is 23.2 Å². The Balaban J connectivity index is 1.30. The van der Waals surface area contributed by atoms with Gasteiger partial charge in [0.15, 0.2) is 0 Å². The molecule has 148 valence electrons. The second-order valence-corrected chi connectivity index (χ2v) is 7.50. The van der Waals surface area contributed by atoms with E-state index < -0.39 is 0 Å². The zero-order valence-electron chi connectivity index (χ0n) is 15.8. The van der Waals surface area contributed by atoms with E-state index in [2.05, 4.69) is 10.4 Å². The molecule has 1 unspecified atom stereocenters. The molecule has 1 atom stereocenters. The molecule has 2 saturated heterocycles. The van der Waals surface area contributed by atoms with Gasteiger partial charge in [0.05, 0.1) is 13.1 Å². The second-order valence-electron chi connectivity index (χ2n) is 7.50. The predicted molar refractivity (Wildman–Crippen MR) is 101 cm³/mol. The van der Waals surface area contributed by atoms with Crippen molar-refractivity contribution in [3.63, 3.8) is 0 Å². The van der Waals surface area contributed by atoms with Crippen molar-refractivity contribution in [2.45, 2.75) is 18.4 Å². The Kier molecular flexibility index (Phi) is 4.80. The van der Waals surface area contributed by atoms with E-state index in [0.29, 0.717) is 43.4 Å². The van der Waals surface area contributed by atoms with Crippen molar-refractivity contribution in [2.24, 2.45) is 13.0 Å². The van der Waals surface area contributed by atoms with E-state index in [0.717, 1.165) is 12.8 Å². The highest BCUT2D eigenvalue weighted by atomic mass is 16.5. The number of phenolic OH excluding ortho intramolecular Hbond substituents is 1. The number of carbonyl (C=O) groups is 2. The van der Waals surface area contributed by atoms with Gasteiger partial charge in [-0.1, -0.05) is 6.07 Å². The average Bonchev–Trinajstić information content (AvgIpc) is 3.26. The number of phenols is 1. The van der Waals surface area contributed by atoms with Gasteiger partial charge in [0.1, 0.15) is 17.0 Å². The van der Waals surface area contributed by atoms with Crippen molar-refractivity contribution in [3.8, 4) is 5.75 Å². The predicted octanol–water partition coefficient (Wildman–Crippen LogP) is 1.18. The lowest BCUT2D eigenvalue weighted by molar-refractivity contribution is -0.117.